The summed E-state index contributed by atoms with van der Waals surface area (Å²) in [6.07, 6.45) is 1.57. The number of nitro benzene ring substituents is 1. The van der Waals surface area contributed by atoms with Crippen molar-refractivity contribution in [3.05, 3.63) is 86.5 Å². The van der Waals surface area contributed by atoms with Crippen LogP contribution in [0.15, 0.2) is 75.0 Å². The van der Waals surface area contributed by atoms with E-state index in [2.05, 4.69) is 10.3 Å². The zero-order valence-corrected chi connectivity index (χ0v) is 16.2. The van der Waals surface area contributed by atoms with E-state index in [1.165, 1.54) is 17.8 Å². The Kier molecular flexibility index (Phi) is 5.20. The molecule has 4 rings (SSSR count). The Hall–Kier alpha value is -3.36. The number of hydrogen-bond donors (Lipinski definition) is 1. The van der Waals surface area contributed by atoms with Crippen LogP contribution >= 0.6 is 23.4 Å². The molecular formula is C20H12ClN3O4S. The van der Waals surface area contributed by atoms with E-state index >= 15 is 0 Å². The van der Waals surface area contributed by atoms with Crippen LogP contribution in [-0.2, 0) is 4.79 Å². The van der Waals surface area contributed by atoms with E-state index < -0.39 is 4.92 Å². The molecule has 1 aromatic heterocycles. The molecule has 0 unspecified atom stereocenters. The van der Waals surface area contributed by atoms with E-state index in [1.807, 2.05) is 0 Å². The molecule has 0 spiro atoms. The first kappa shape index (κ1) is 19.0. The van der Waals surface area contributed by atoms with E-state index in [0.29, 0.717) is 37.9 Å². The summed E-state index contributed by atoms with van der Waals surface area (Å²) in [6.45, 7) is 0. The molecule has 0 saturated carbocycles. The number of thioether (sulfide) groups is 1. The van der Waals surface area contributed by atoms with Gasteiger partial charge in [-0.25, -0.2) is 4.99 Å². The van der Waals surface area contributed by atoms with Crippen molar-refractivity contribution in [1.29, 1.82) is 0 Å². The van der Waals surface area contributed by atoms with Gasteiger partial charge in [0.15, 0.2) is 5.17 Å². The second-order valence-corrected chi connectivity index (χ2v) is 7.40. The number of para-hydroxylation sites is 1. The van der Waals surface area contributed by atoms with Crippen molar-refractivity contribution < 1.29 is 14.1 Å². The molecule has 3 aromatic rings. The molecule has 144 valence electrons. The van der Waals surface area contributed by atoms with Crippen LogP contribution in [-0.4, -0.2) is 16.0 Å². The van der Waals surface area contributed by atoms with E-state index in [4.69, 9.17) is 16.0 Å². The second-order valence-electron chi connectivity index (χ2n) is 5.94. The van der Waals surface area contributed by atoms with Crippen molar-refractivity contribution in [2.75, 3.05) is 0 Å². The van der Waals surface area contributed by atoms with E-state index in [-0.39, 0.29) is 11.6 Å². The number of furan rings is 1. The fourth-order valence-electron chi connectivity index (χ4n) is 2.69. The van der Waals surface area contributed by atoms with Crippen LogP contribution in [0, 0.1) is 10.1 Å². The Labute approximate surface area is 174 Å². The number of rotatable bonds is 4. The van der Waals surface area contributed by atoms with Gasteiger partial charge in [-0.2, -0.15) is 0 Å². The molecule has 1 amide bonds. The predicted molar refractivity (Wildman–Crippen MR) is 113 cm³/mol. The molecule has 1 aliphatic heterocycles. The van der Waals surface area contributed by atoms with E-state index in [1.54, 1.807) is 60.7 Å². The molecule has 2 aromatic carbocycles. The molecule has 1 aliphatic rings. The molecule has 7 nitrogen and oxygen atoms in total. The third kappa shape index (κ3) is 4.23. The number of benzene rings is 2. The summed E-state index contributed by atoms with van der Waals surface area (Å²) >= 11 is 7.12. The summed E-state index contributed by atoms with van der Waals surface area (Å²) < 4.78 is 5.71. The van der Waals surface area contributed by atoms with Crippen LogP contribution in [0.3, 0.4) is 0 Å². The van der Waals surface area contributed by atoms with Gasteiger partial charge in [-0.05, 0) is 48.2 Å². The van der Waals surface area contributed by atoms with E-state index in [9.17, 15) is 14.9 Å². The van der Waals surface area contributed by atoms with Gasteiger partial charge in [-0.3, -0.25) is 14.9 Å². The van der Waals surface area contributed by atoms with Crippen molar-refractivity contribution in [1.82, 2.24) is 5.32 Å². The van der Waals surface area contributed by atoms with Crippen LogP contribution in [0.2, 0.25) is 5.02 Å². The number of nitrogens with zero attached hydrogens (tertiary/aromatic N) is 2. The lowest BCUT2D eigenvalue weighted by atomic mass is 10.1. The second kappa shape index (κ2) is 7.94. The monoisotopic (exact) mass is 425 g/mol. The molecule has 2 heterocycles. The smallest absolute Gasteiger partial charge is 0.280 e. The number of aliphatic imine (C=N–C) groups is 1. The molecule has 0 radical (unpaired) electrons. The number of hydrogen-bond acceptors (Lipinski definition) is 6. The highest BCUT2D eigenvalue weighted by Crippen LogP contribution is 2.33. The van der Waals surface area contributed by atoms with Crippen molar-refractivity contribution in [3.63, 3.8) is 0 Å². The fourth-order valence-corrected chi connectivity index (χ4v) is 3.70. The minimum Gasteiger partial charge on any atom is -0.456 e. The van der Waals surface area contributed by atoms with Gasteiger partial charge >= 0.3 is 0 Å². The molecule has 0 aliphatic carbocycles. The standard InChI is InChI=1S/C20H12ClN3O4S/c21-12-4-3-5-13(10-12)22-20-23-19(25)18(29-20)11-14-8-9-17(28-14)15-6-1-2-7-16(15)24(26)27/h1-11H,(H,22,23,25)/b18-11+. The van der Waals surface area contributed by atoms with Gasteiger partial charge in [-0.1, -0.05) is 29.8 Å². The van der Waals surface area contributed by atoms with Crippen molar-refractivity contribution in [2.24, 2.45) is 4.99 Å². The van der Waals surface area contributed by atoms with Crippen molar-refractivity contribution in [2.45, 2.75) is 0 Å². The zero-order valence-electron chi connectivity index (χ0n) is 14.7. The summed E-state index contributed by atoms with van der Waals surface area (Å²) in [5, 5.41) is 14.9. The summed E-state index contributed by atoms with van der Waals surface area (Å²) in [5.41, 5.74) is 0.942. The lowest BCUT2D eigenvalue weighted by molar-refractivity contribution is -0.384. The minimum atomic E-state index is -0.463. The first-order valence-electron chi connectivity index (χ1n) is 8.38. The van der Waals surface area contributed by atoms with Crippen LogP contribution in [0.5, 0.6) is 0 Å². The third-order valence-electron chi connectivity index (χ3n) is 3.96. The molecule has 1 N–H and O–H groups in total. The molecule has 1 saturated heterocycles. The Bertz CT molecular complexity index is 1190. The SMILES string of the molecule is O=C1NC(=Nc2cccc(Cl)c2)S/C1=C/c1ccc(-c2ccccc2[N+](=O)[O-])o1. The maximum absolute atomic E-state index is 12.2. The van der Waals surface area contributed by atoms with Crippen molar-refractivity contribution in [3.8, 4) is 11.3 Å². The average Bonchev–Trinajstić information content (AvgIpc) is 3.29. The predicted octanol–water partition coefficient (Wildman–Crippen LogP) is 5.40. The number of halogens is 1. The quantitative estimate of drug-likeness (QED) is 0.343. The normalized spacial score (nSPS) is 16.4. The molecule has 0 bridgehead atoms. The Balaban J connectivity index is 1.58. The lowest BCUT2D eigenvalue weighted by Gasteiger charge is -1.98. The largest absolute Gasteiger partial charge is 0.456 e. The van der Waals surface area contributed by atoms with Gasteiger partial charge in [-0.15, -0.1) is 0 Å². The highest BCUT2D eigenvalue weighted by molar-refractivity contribution is 8.18. The van der Waals surface area contributed by atoms with Crippen LogP contribution in [0.4, 0.5) is 11.4 Å². The van der Waals surface area contributed by atoms with Gasteiger partial charge in [0.2, 0.25) is 0 Å². The first-order chi connectivity index (χ1) is 14.0. The summed E-state index contributed by atoms with van der Waals surface area (Å²) in [7, 11) is 0. The van der Waals surface area contributed by atoms with Gasteiger partial charge in [0, 0.05) is 17.2 Å². The topological polar surface area (TPSA) is 97.7 Å². The van der Waals surface area contributed by atoms with Gasteiger partial charge in [0.25, 0.3) is 11.6 Å². The first-order valence-corrected chi connectivity index (χ1v) is 9.58. The number of nitro groups is 1. The number of amidine groups is 1. The van der Waals surface area contributed by atoms with Gasteiger partial charge in [0.05, 0.1) is 21.1 Å². The van der Waals surface area contributed by atoms with Gasteiger partial charge < -0.3 is 9.73 Å². The minimum absolute atomic E-state index is 0.0509. The van der Waals surface area contributed by atoms with Gasteiger partial charge in [0.1, 0.15) is 11.5 Å². The maximum Gasteiger partial charge on any atom is 0.280 e. The van der Waals surface area contributed by atoms with Crippen LogP contribution in [0.25, 0.3) is 17.4 Å². The average molecular weight is 426 g/mol. The highest BCUT2D eigenvalue weighted by Gasteiger charge is 2.25. The Morgan fingerprint density at radius 2 is 1.97 bits per heavy atom. The Morgan fingerprint density at radius 3 is 2.76 bits per heavy atom. The maximum atomic E-state index is 12.2. The third-order valence-corrected chi connectivity index (χ3v) is 5.10. The Morgan fingerprint density at radius 1 is 1.14 bits per heavy atom. The molecule has 9 heteroatoms. The molecular weight excluding hydrogens is 414 g/mol. The summed E-state index contributed by atoms with van der Waals surface area (Å²) in [6, 6.07) is 16.6. The number of carbonyl (C=O) groups is 1. The molecule has 29 heavy (non-hydrogen) atoms. The summed E-state index contributed by atoms with van der Waals surface area (Å²) in [4.78, 5) is 27.7. The van der Waals surface area contributed by atoms with Crippen LogP contribution in [0.1, 0.15) is 5.76 Å². The molecule has 0 atom stereocenters. The van der Waals surface area contributed by atoms with E-state index in [0.717, 1.165) is 0 Å². The number of carbonyl (C=O) groups excluding carboxylic acids is 1. The van der Waals surface area contributed by atoms with Crippen LogP contribution < -0.4 is 5.32 Å². The molecule has 1 fully saturated rings. The lowest BCUT2D eigenvalue weighted by Crippen LogP contribution is -2.19. The van der Waals surface area contributed by atoms with Crippen molar-refractivity contribution >= 4 is 51.9 Å². The highest BCUT2D eigenvalue weighted by atomic mass is 35.5. The zero-order chi connectivity index (χ0) is 20.4. The fraction of sp³-hybridized carbons (Fsp3) is 0. The number of amides is 1. The number of nitrogens with one attached hydrogen (secondary N) is 1. The summed E-state index contributed by atoms with van der Waals surface area (Å²) in [5.74, 6) is 0.444.